The summed E-state index contributed by atoms with van der Waals surface area (Å²) >= 11 is 3.38. The van der Waals surface area contributed by atoms with E-state index < -0.39 is 117 Å². The number of nitrogens with one attached hydrogen (secondary N) is 6. The summed E-state index contributed by atoms with van der Waals surface area (Å²) in [7, 11) is -0.784. The molecule has 4 aromatic carbocycles. The molecule has 0 spiro atoms. The molecule has 6 aliphatic rings. The van der Waals surface area contributed by atoms with Crippen LogP contribution in [0.4, 0.5) is 32.9 Å². The number of amides is 6. The maximum absolute atomic E-state index is 14.2. The number of aryl methyl sites for hydroxylation is 2. The van der Waals surface area contributed by atoms with Crippen molar-refractivity contribution in [1.82, 2.24) is 69.3 Å². The molecule has 4 aromatic heterocycles. The number of aromatic nitrogens is 8. The Bertz CT molecular complexity index is 7180. The van der Waals surface area contributed by atoms with Crippen LogP contribution in [0.3, 0.4) is 0 Å². The van der Waals surface area contributed by atoms with E-state index in [-0.39, 0.29) is 110 Å². The van der Waals surface area contributed by atoms with Crippen LogP contribution in [0.15, 0.2) is 144 Å². The maximum Gasteiger partial charge on any atom is 0.407 e. The van der Waals surface area contributed by atoms with Crippen LogP contribution in [0, 0.1) is 0 Å². The zero-order valence-corrected chi connectivity index (χ0v) is 82.7. The molecule has 12 atom stereocenters. The van der Waals surface area contributed by atoms with Crippen molar-refractivity contribution in [3.63, 3.8) is 0 Å². The van der Waals surface area contributed by atoms with E-state index >= 15 is 0 Å². The second kappa shape index (κ2) is 43.9. The number of nitrogens with two attached hydrogens (primary N) is 2. The Hall–Kier alpha value is -12.2. The molecule has 14 rings (SSSR count). The van der Waals surface area contributed by atoms with Crippen LogP contribution in [-0.2, 0) is 78.6 Å². The lowest BCUT2D eigenvalue weighted by Gasteiger charge is -2.29. The predicted octanol–water partition coefficient (Wildman–Crippen LogP) is 0.399. The molecular weight excluding hydrogens is 1950 g/mol. The standard InChI is InChI=1S/2C43H52N10O14P2S/c1-49(2)24-13-15-28-31(20-24)70-32-21-25(50(3)4)14-16-29(32)34(28)26-10-7-8-11-27(26)40(57)51(5)19-9-12-33(54)45-17-18-46-43(58)66-37-30(22-64-69(62,63)67-68(59,60)61)65-41(36(37)55)53-23-52(6)35-38(53)47-42(44)48-39(35)56;1-49(2)24-13-15-28-31(20-24)70-32-21-25(50(3)4)14-16-29(32)34(28)26-10-7-8-11-27(26)40(57)51(5)19-9-12-33(54)45-17-18-46-43(58)66-37-36(55)30(22-64-69(62,63)67-68(59,60)61)65-41(37)53-23-52(6)35-38(53)47-42(44)48-39(35)56/h2*7-8,10-11,13-16,20-21,23,30,36-37,41,55H,9,12,17-19,22H2,1-6H3,(H6-2,44,45,46,47,48,54,56,58,59,60,61,62,63)/t2*30-,36-,37-,41-/m11/s1. The number of carbonyl (C=O) groups is 6. The smallest absolute Gasteiger partial charge is 0.407 e. The number of imidazole rings is 2. The summed E-state index contributed by atoms with van der Waals surface area (Å²) in [5, 5.41) is 36.8. The summed E-state index contributed by atoms with van der Waals surface area (Å²) in [4.78, 5) is 192. The van der Waals surface area contributed by atoms with Crippen molar-refractivity contribution in [3.05, 3.63) is 177 Å². The quantitative estimate of drug-likeness (QED) is 0.0112. The van der Waals surface area contributed by atoms with Gasteiger partial charge >= 0.3 is 23.5 Å². The first-order valence-electron chi connectivity index (χ1n) is 43.1. The highest BCUT2D eigenvalue weighted by Gasteiger charge is 2.53. The lowest BCUT2D eigenvalue weighted by atomic mass is 9.91. The Morgan fingerprint density at radius 1 is 0.529 bits per heavy atom. The van der Waals surface area contributed by atoms with Gasteiger partial charge in [-0.25, -0.2) is 36.5 Å². The summed E-state index contributed by atoms with van der Waals surface area (Å²) in [5.41, 5.74) is 18.6. The van der Waals surface area contributed by atoms with Crippen LogP contribution in [0.1, 0.15) is 58.9 Å². The first-order valence-corrected chi connectivity index (χ1v) is 50.7. The SMILES string of the molecule is CN(CCCC(=O)NCCNC(=O)O[C@@H]1[C@H](O)[C@@H](COP(=O)([O-])OP(=O)([O-])O)O[C@H]1[n+]1cn(C)c2c(=O)[nH]c(N)nc21)C(=O)c1ccccc1-c1c2ccc(=[N+](C)C)cc-2sc2cc(N(C)C)ccc12.CN(CCCC(=O)NCCNC(=O)O[C@H]1[C@@H](O)[C@H]([n+]2cn(C)c3c(=O)[nH]c(N)nc32)O[C@@H]1COP(=O)([O-])OP(=O)([O-])O)C(=O)c1ccccc1-c1c2ccc(=[N+](C)C)cc-2sc2cc(N(C)C)ccc12. The van der Waals surface area contributed by atoms with Crippen molar-refractivity contribution in [2.24, 2.45) is 14.1 Å². The monoisotopic (exact) mass is 2050 g/mol. The number of carbonyl (C=O) groups excluding carboxylic acids is 6. The number of nitrogens with zero attached hydrogens (tertiary/aromatic N) is 12. The largest absolute Gasteiger partial charge is 0.756 e. The van der Waals surface area contributed by atoms with Gasteiger partial charge in [0.1, 0.15) is 46.5 Å². The molecule has 2 saturated heterocycles. The van der Waals surface area contributed by atoms with Gasteiger partial charge in [-0.3, -0.25) is 66.1 Å². The average Bonchev–Trinajstić information content (AvgIpc) is 0.831. The molecule has 0 radical (unpaired) electrons. The molecule has 54 heteroatoms. The highest BCUT2D eigenvalue weighted by Crippen LogP contribution is 2.55. The van der Waals surface area contributed by atoms with Crippen LogP contribution in [0.25, 0.3) is 85.6 Å². The fraction of sp³-hybridized carbons (Fsp3) is 0.372. The van der Waals surface area contributed by atoms with Gasteiger partial charge in [0.2, 0.25) is 46.0 Å². The molecule has 140 heavy (non-hydrogen) atoms. The zero-order chi connectivity index (χ0) is 102. The van der Waals surface area contributed by atoms with Crippen molar-refractivity contribution >= 4 is 156 Å². The molecule has 0 saturated carbocycles. The number of alkyl carbamates (subject to hydrolysis) is 2. The minimum atomic E-state index is -5.82. The van der Waals surface area contributed by atoms with Crippen LogP contribution in [0.5, 0.6) is 0 Å². The third kappa shape index (κ3) is 25.0. The number of fused-ring (bicyclic) bond motifs is 6. The fourth-order valence-electron chi connectivity index (χ4n) is 16.0. The molecule has 14 N–H and O–H groups in total. The molecule has 2 fully saturated rings. The average molecular weight is 2050 g/mol. The molecule has 4 unspecified atom stereocenters. The number of ether oxygens (including phenoxy) is 4. The molecule has 2 aliphatic carbocycles. The van der Waals surface area contributed by atoms with Gasteiger partial charge in [0.05, 0.1) is 27.3 Å². The fourth-order valence-corrected chi connectivity index (χ4v) is 21.4. The van der Waals surface area contributed by atoms with E-state index in [9.17, 15) is 86.4 Å². The number of nitrogen functional groups attached to an aromatic ring is 2. The summed E-state index contributed by atoms with van der Waals surface area (Å²) in [5.74, 6) is -1.75. The summed E-state index contributed by atoms with van der Waals surface area (Å²) in [6, 6.07) is 40.2. The summed E-state index contributed by atoms with van der Waals surface area (Å²) in [6.07, 6.45) is -12.2. The number of phosphoric acid groups is 4. The van der Waals surface area contributed by atoms with E-state index in [1.807, 2.05) is 102 Å². The summed E-state index contributed by atoms with van der Waals surface area (Å²) < 4.78 is 96.2. The first kappa shape index (κ1) is 105. The van der Waals surface area contributed by atoms with Gasteiger partial charge in [0.25, 0.3) is 66.1 Å². The Kier molecular flexibility index (Phi) is 33.0. The topological polar surface area (TPSA) is 646 Å². The Morgan fingerprint density at radius 2 is 0.921 bits per heavy atom. The van der Waals surface area contributed by atoms with Gasteiger partial charge in [-0.2, -0.15) is 0 Å². The van der Waals surface area contributed by atoms with Crippen molar-refractivity contribution in [2.45, 2.75) is 74.8 Å². The highest BCUT2D eigenvalue weighted by atomic mass is 32.1. The minimum absolute atomic E-state index is 0.0000542. The van der Waals surface area contributed by atoms with Crippen molar-refractivity contribution in [2.75, 3.05) is 144 Å². The van der Waals surface area contributed by atoms with Crippen LogP contribution < -0.4 is 102 Å². The van der Waals surface area contributed by atoms with Crippen LogP contribution in [0.2, 0.25) is 0 Å². The zero-order valence-electron chi connectivity index (χ0n) is 77.5. The molecule has 0 bridgehead atoms. The number of hydrogen-bond acceptors (Lipinski definition) is 34. The van der Waals surface area contributed by atoms with Crippen molar-refractivity contribution < 1.29 is 132 Å². The first-order chi connectivity index (χ1) is 66.0. The number of rotatable bonds is 34. The van der Waals surface area contributed by atoms with Gasteiger partial charge in [-0.1, -0.05) is 58.5 Å². The van der Waals surface area contributed by atoms with E-state index in [4.69, 9.17) is 40.2 Å². The third-order valence-electron chi connectivity index (χ3n) is 22.7. The molecule has 4 aliphatic heterocycles. The van der Waals surface area contributed by atoms with Gasteiger partial charge in [-0.15, -0.1) is 22.7 Å². The Morgan fingerprint density at radius 3 is 1.34 bits per heavy atom. The number of benzene rings is 6. The highest BCUT2D eigenvalue weighted by molar-refractivity contribution is 7.59. The molecule has 6 amide bonds. The number of phosphoric ester groups is 2. The predicted molar refractivity (Wildman–Crippen MR) is 506 cm³/mol. The minimum Gasteiger partial charge on any atom is -0.756 e. The maximum atomic E-state index is 14.2. The summed E-state index contributed by atoms with van der Waals surface area (Å²) in [6.45, 7) is -2.11. The lowest BCUT2D eigenvalue weighted by Crippen LogP contribution is -2.49. The van der Waals surface area contributed by atoms with Gasteiger partial charge in [0.15, 0.2) is 31.0 Å². The number of anilines is 4. The number of aromatic amines is 2. The van der Waals surface area contributed by atoms with Crippen molar-refractivity contribution in [1.29, 1.82) is 0 Å². The van der Waals surface area contributed by atoms with Crippen LogP contribution >= 0.6 is 54.0 Å². The van der Waals surface area contributed by atoms with E-state index in [1.165, 1.54) is 45.0 Å². The third-order valence-corrected chi connectivity index (χ3v) is 29.1. The Balaban J connectivity index is 0.000000236. The molecule has 48 nitrogen and oxygen atoms in total. The van der Waals surface area contributed by atoms with Gasteiger partial charge in [0, 0.05) is 182 Å². The second-order valence-electron chi connectivity index (χ2n) is 33.5. The van der Waals surface area contributed by atoms with E-state index in [2.05, 4.69) is 141 Å². The second-order valence-corrected chi connectivity index (χ2v) is 41.2. The van der Waals surface area contributed by atoms with Gasteiger partial charge in [-0.05, 0) is 83.6 Å². The van der Waals surface area contributed by atoms with Crippen molar-refractivity contribution in [3.8, 4) is 43.1 Å². The molecular formula is C86H104N20O28P4S2. The van der Waals surface area contributed by atoms with E-state index in [0.29, 0.717) is 24.0 Å². The molecule has 8 aromatic rings. The Labute approximate surface area is 805 Å². The number of hydrogen-bond donors (Lipinski definition) is 12. The van der Waals surface area contributed by atoms with E-state index in [0.717, 1.165) is 85.4 Å². The number of aliphatic hydroxyl groups excluding tert-OH is 2. The lowest BCUT2D eigenvalue weighted by molar-refractivity contribution is -0.746. The molecule has 748 valence electrons. The van der Waals surface area contributed by atoms with E-state index in [1.54, 1.807) is 58.7 Å². The normalized spacial score (nSPS) is 18.6. The van der Waals surface area contributed by atoms with Gasteiger partial charge < -0.3 is 120 Å². The van der Waals surface area contributed by atoms with Crippen LogP contribution in [-0.4, -0.2) is 254 Å². The number of H-pyrrole nitrogens is 2. The molecule has 8 heterocycles. The number of aliphatic hydroxyl groups is 2.